The fraction of sp³-hybridized carbons (Fsp3) is 0.138. The number of carbonyl (C=O) groups is 1. The second-order valence-corrected chi connectivity index (χ2v) is 8.92. The van der Waals surface area contributed by atoms with Crippen molar-refractivity contribution < 1.29 is 14.3 Å². The topological polar surface area (TPSA) is 97.4 Å². The molecule has 0 radical (unpaired) electrons. The molecule has 180 valence electrons. The lowest BCUT2D eigenvalue weighted by Crippen LogP contribution is -2.12. The molecule has 0 unspecified atom stereocenters. The molecule has 2 heterocycles. The summed E-state index contributed by atoms with van der Waals surface area (Å²) in [7, 11) is 1.92. The first-order valence-electron chi connectivity index (χ1n) is 11.6. The van der Waals surface area contributed by atoms with Gasteiger partial charge in [0.05, 0.1) is 29.0 Å². The summed E-state index contributed by atoms with van der Waals surface area (Å²) in [5.74, 6) is -0.550. The fourth-order valence-corrected chi connectivity index (χ4v) is 4.37. The second kappa shape index (κ2) is 9.19. The summed E-state index contributed by atoms with van der Waals surface area (Å²) in [6.45, 7) is 3.84. The van der Waals surface area contributed by atoms with E-state index in [0.29, 0.717) is 22.4 Å². The third kappa shape index (κ3) is 4.38. The Labute approximate surface area is 207 Å². The number of hydrogen-bond acceptors (Lipinski definition) is 5. The Morgan fingerprint density at radius 3 is 2.47 bits per heavy atom. The molecule has 2 aromatic heterocycles. The zero-order valence-corrected chi connectivity index (χ0v) is 20.1. The van der Waals surface area contributed by atoms with Crippen LogP contribution < -0.4 is 10.7 Å². The third-order valence-electron chi connectivity index (χ3n) is 6.17. The number of hydrogen-bond donors (Lipinski definition) is 2. The summed E-state index contributed by atoms with van der Waals surface area (Å²) in [5.41, 5.74) is 5.31. The standard InChI is InChI=1S/C29H25N3O4/c1-17-12-22(18(2)31-24-7-5-4-6-21(24)29(34)35)28-23(13-17)26(33)14-27(36-28)20-10-8-19(9-11-20)25-15-32(3)16-30-25/h4-16,18,31H,1-3H3,(H,34,35)/t18-/m1/s1. The minimum Gasteiger partial charge on any atom is -0.478 e. The average molecular weight is 480 g/mol. The zero-order valence-electron chi connectivity index (χ0n) is 20.1. The van der Waals surface area contributed by atoms with Crippen LogP contribution in [0.25, 0.3) is 33.6 Å². The van der Waals surface area contributed by atoms with E-state index in [9.17, 15) is 14.7 Å². The molecule has 5 rings (SSSR count). The number of anilines is 1. The average Bonchev–Trinajstić information content (AvgIpc) is 3.30. The number of carboxylic acid groups (broad SMARTS) is 1. The van der Waals surface area contributed by atoms with Crippen molar-refractivity contribution in [1.82, 2.24) is 9.55 Å². The monoisotopic (exact) mass is 479 g/mol. The number of nitrogens with zero attached hydrogens (tertiary/aromatic N) is 2. The van der Waals surface area contributed by atoms with Crippen molar-refractivity contribution in [3.8, 4) is 22.6 Å². The molecule has 5 aromatic rings. The Morgan fingerprint density at radius 1 is 1.06 bits per heavy atom. The quantitative estimate of drug-likeness (QED) is 0.308. The van der Waals surface area contributed by atoms with E-state index in [2.05, 4.69) is 10.3 Å². The molecule has 0 aliphatic rings. The van der Waals surface area contributed by atoms with Crippen molar-refractivity contribution in [3.63, 3.8) is 0 Å². The Kier molecular flexibility index (Phi) is 5.90. The highest BCUT2D eigenvalue weighted by atomic mass is 16.4. The maximum Gasteiger partial charge on any atom is 0.337 e. The largest absolute Gasteiger partial charge is 0.478 e. The first-order valence-corrected chi connectivity index (χ1v) is 11.6. The van der Waals surface area contributed by atoms with Crippen LogP contribution in [-0.2, 0) is 7.05 Å². The highest BCUT2D eigenvalue weighted by molar-refractivity contribution is 5.94. The molecular formula is C29H25N3O4. The van der Waals surface area contributed by atoms with Crippen LogP contribution in [0, 0.1) is 6.92 Å². The van der Waals surface area contributed by atoms with Gasteiger partial charge in [-0.1, -0.05) is 42.5 Å². The molecule has 0 saturated carbocycles. The molecule has 3 aromatic carbocycles. The molecule has 2 N–H and O–H groups in total. The maximum absolute atomic E-state index is 13.1. The molecule has 0 amide bonds. The summed E-state index contributed by atoms with van der Waals surface area (Å²) in [4.78, 5) is 29.2. The van der Waals surface area contributed by atoms with Crippen LogP contribution in [0.2, 0.25) is 0 Å². The minimum atomic E-state index is -1.01. The zero-order chi connectivity index (χ0) is 25.4. The summed E-state index contributed by atoms with van der Waals surface area (Å²) in [5, 5.41) is 13.3. The van der Waals surface area contributed by atoms with Gasteiger partial charge in [-0.25, -0.2) is 9.78 Å². The van der Waals surface area contributed by atoms with Crippen molar-refractivity contribution in [2.24, 2.45) is 7.05 Å². The molecule has 0 aliphatic carbocycles. The lowest BCUT2D eigenvalue weighted by molar-refractivity contribution is 0.0698. The first-order chi connectivity index (χ1) is 17.3. The number of aromatic carboxylic acids is 1. The molecule has 0 fully saturated rings. The summed E-state index contributed by atoms with van der Waals surface area (Å²) >= 11 is 0. The lowest BCUT2D eigenvalue weighted by Gasteiger charge is -2.19. The van der Waals surface area contributed by atoms with Gasteiger partial charge in [0.1, 0.15) is 11.3 Å². The number of imidazole rings is 1. The van der Waals surface area contributed by atoms with E-state index in [-0.39, 0.29) is 17.0 Å². The minimum absolute atomic E-state index is 0.136. The molecule has 0 spiro atoms. The number of benzene rings is 3. The molecule has 36 heavy (non-hydrogen) atoms. The van der Waals surface area contributed by atoms with Crippen molar-refractivity contribution in [1.29, 1.82) is 0 Å². The number of nitrogens with one attached hydrogen (secondary N) is 1. The van der Waals surface area contributed by atoms with E-state index in [0.717, 1.165) is 27.9 Å². The molecule has 7 nitrogen and oxygen atoms in total. The van der Waals surface area contributed by atoms with Gasteiger partial charge in [-0.2, -0.15) is 0 Å². The van der Waals surface area contributed by atoms with Crippen LogP contribution in [0.1, 0.15) is 34.5 Å². The molecular weight excluding hydrogens is 454 g/mol. The van der Waals surface area contributed by atoms with Gasteiger partial charge in [0.2, 0.25) is 0 Å². The van der Waals surface area contributed by atoms with Gasteiger partial charge >= 0.3 is 5.97 Å². The SMILES string of the molecule is Cc1cc([C@@H](C)Nc2ccccc2C(=O)O)c2oc(-c3ccc(-c4cn(C)cn4)cc3)cc(=O)c2c1. The Balaban J connectivity index is 1.56. The number of para-hydroxylation sites is 1. The van der Waals surface area contributed by atoms with Crippen LogP contribution in [0.5, 0.6) is 0 Å². The molecule has 7 heteroatoms. The van der Waals surface area contributed by atoms with Gasteiger partial charge in [-0.15, -0.1) is 0 Å². The summed E-state index contributed by atoms with van der Waals surface area (Å²) in [6, 6.07) is 19.4. The van der Waals surface area contributed by atoms with Gasteiger partial charge in [0.15, 0.2) is 5.43 Å². The van der Waals surface area contributed by atoms with E-state index >= 15 is 0 Å². The van der Waals surface area contributed by atoms with E-state index < -0.39 is 5.97 Å². The number of aryl methyl sites for hydroxylation is 2. The maximum atomic E-state index is 13.1. The highest BCUT2D eigenvalue weighted by Crippen LogP contribution is 2.32. The first kappa shape index (κ1) is 23.1. The van der Waals surface area contributed by atoms with E-state index in [1.807, 2.05) is 68.1 Å². The van der Waals surface area contributed by atoms with Crippen LogP contribution in [-0.4, -0.2) is 20.6 Å². The van der Waals surface area contributed by atoms with Gasteiger partial charge in [-0.05, 0) is 37.6 Å². The molecule has 0 bridgehead atoms. The highest BCUT2D eigenvalue weighted by Gasteiger charge is 2.18. The Bertz CT molecular complexity index is 1650. The predicted octanol–water partition coefficient (Wildman–Crippen LogP) is 6.04. The van der Waals surface area contributed by atoms with Crippen LogP contribution in [0.3, 0.4) is 0 Å². The number of fused-ring (bicyclic) bond motifs is 1. The lowest BCUT2D eigenvalue weighted by atomic mass is 10.00. The molecule has 0 saturated heterocycles. The molecule has 1 atom stereocenters. The Hall–Kier alpha value is -4.65. The van der Waals surface area contributed by atoms with E-state index in [1.165, 1.54) is 6.07 Å². The second-order valence-electron chi connectivity index (χ2n) is 8.92. The van der Waals surface area contributed by atoms with Crippen LogP contribution in [0.15, 0.2) is 88.5 Å². The fourth-order valence-electron chi connectivity index (χ4n) is 4.37. The van der Waals surface area contributed by atoms with Gasteiger partial charge in [0.25, 0.3) is 0 Å². The van der Waals surface area contributed by atoms with Crippen LogP contribution in [0.4, 0.5) is 5.69 Å². The summed E-state index contributed by atoms with van der Waals surface area (Å²) in [6.07, 6.45) is 3.69. The normalized spacial score (nSPS) is 12.0. The molecule has 0 aliphatic heterocycles. The van der Waals surface area contributed by atoms with Crippen molar-refractivity contribution >= 4 is 22.6 Å². The third-order valence-corrected chi connectivity index (χ3v) is 6.17. The number of carboxylic acids is 1. The summed E-state index contributed by atoms with van der Waals surface area (Å²) < 4.78 is 8.21. The number of rotatable bonds is 6. The van der Waals surface area contributed by atoms with Crippen molar-refractivity contribution in [2.45, 2.75) is 19.9 Å². The van der Waals surface area contributed by atoms with Crippen molar-refractivity contribution in [3.05, 3.63) is 106 Å². The van der Waals surface area contributed by atoms with E-state index in [1.54, 1.807) is 30.6 Å². The predicted molar refractivity (Wildman–Crippen MR) is 140 cm³/mol. The Morgan fingerprint density at radius 2 is 1.78 bits per heavy atom. The van der Waals surface area contributed by atoms with Gasteiger partial charge in [-0.3, -0.25) is 4.79 Å². The van der Waals surface area contributed by atoms with E-state index in [4.69, 9.17) is 4.42 Å². The number of aromatic nitrogens is 2. The van der Waals surface area contributed by atoms with Crippen molar-refractivity contribution in [2.75, 3.05) is 5.32 Å². The van der Waals surface area contributed by atoms with Gasteiger partial charge in [0, 0.05) is 41.7 Å². The smallest absolute Gasteiger partial charge is 0.337 e. The van der Waals surface area contributed by atoms with Crippen LogP contribution >= 0.6 is 0 Å². The van der Waals surface area contributed by atoms with Gasteiger partial charge < -0.3 is 19.4 Å².